The third-order valence-electron chi connectivity index (χ3n) is 1.02. The second kappa shape index (κ2) is 3.93. The first-order valence-corrected chi connectivity index (χ1v) is 5.49. The summed E-state index contributed by atoms with van der Waals surface area (Å²) in [5.74, 6) is 0. The molecule has 1 rings (SSSR count). The summed E-state index contributed by atoms with van der Waals surface area (Å²) in [5.41, 5.74) is 0. The Balaban J connectivity index is 2.24. The summed E-state index contributed by atoms with van der Waals surface area (Å²) in [6, 6.07) is 0. The summed E-state index contributed by atoms with van der Waals surface area (Å²) in [4.78, 5) is 0. The van der Waals surface area contributed by atoms with E-state index in [-0.39, 0.29) is 0 Å². The molecule has 1 aliphatic rings. The van der Waals surface area contributed by atoms with Crippen LogP contribution in [0.2, 0.25) is 0 Å². The minimum absolute atomic E-state index is 0.669. The van der Waals surface area contributed by atoms with E-state index < -0.39 is 16.6 Å². The fourth-order valence-electron chi connectivity index (χ4n) is 0.637. The fourth-order valence-corrected chi connectivity index (χ4v) is 1.77. The van der Waals surface area contributed by atoms with Gasteiger partial charge in [0.05, 0.1) is 10.2 Å². The third-order valence-corrected chi connectivity index (χ3v) is 2.33. The van der Waals surface area contributed by atoms with Crippen LogP contribution in [0.5, 0.6) is 0 Å². The quantitative estimate of drug-likeness (QED) is 0.442. The summed E-state index contributed by atoms with van der Waals surface area (Å²) in [5, 5.41) is 5.34. The van der Waals surface area contributed by atoms with Crippen molar-refractivity contribution in [2.75, 3.05) is 12.6 Å². The average molecular weight is 203 g/mol. The molecule has 0 aromatic heterocycles. The molecule has 8 heteroatoms. The van der Waals surface area contributed by atoms with Crippen LogP contribution in [0.3, 0.4) is 0 Å². The van der Waals surface area contributed by atoms with Gasteiger partial charge in [-0.05, 0) is 0 Å². The van der Waals surface area contributed by atoms with Gasteiger partial charge >= 0.3 is 6.35 Å². The van der Waals surface area contributed by atoms with Crippen LogP contribution < -0.4 is 24.6 Å². The van der Waals surface area contributed by atoms with Gasteiger partial charge in [0.25, 0.3) is 0 Å². The van der Waals surface area contributed by atoms with Crippen LogP contribution in [-0.4, -0.2) is 18.9 Å². The monoisotopic (exact) mass is 202 g/mol. The van der Waals surface area contributed by atoms with E-state index in [2.05, 4.69) is 14.9 Å². The molecule has 0 aliphatic carbocycles. The first-order chi connectivity index (χ1) is 5.08. The predicted octanol–water partition coefficient (Wildman–Crippen LogP) is -4.03. The first kappa shape index (κ1) is 9.57. The summed E-state index contributed by atoms with van der Waals surface area (Å²) in [7, 11) is -3.66. The zero-order chi connectivity index (χ0) is 8.32. The van der Waals surface area contributed by atoms with Crippen LogP contribution in [0, 0.1) is 10.2 Å². The number of halogens is 1. The maximum atomic E-state index is 10.0. The van der Waals surface area contributed by atoms with E-state index in [1.165, 1.54) is 0 Å². The molecule has 1 fully saturated rings. The highest BCUT2D eigenvalue weighted by Gasteiger charge is 2.29. The van der Waals surface area contributed by atoms with Crippen molar-refractivity contribution in [3.05, 3.63) is 0 Å². The predicted molar refractivity (Wildman–Crippen MR) is 29.2 cm³/mol. The number of hydrogen-bond donors (Lipinski definition) is 2. The highest BCUT2D eigenvalue weighted by Crippen LogP contribution is 2.10. The van der Waals surface area contributed by atoms with Crippen LogP contribution in [0.1, 0.15) is 0 Å². The third kappa shape index (κ3) is 4.15. The van der Waals surface area contributed by atoms with Gasteiger partial charge in [-0.15, -0.1) is 0 Å². The molecule has 11 heavy (non-hydrogen) atoms. The van der Waals surface area contributed by atoms with Crippen molar-refractivity contribution in [3.8, 4) is 0 Å². The topological polar surface area (TPSA) is 102 Å². The van der Waals surface area contributed by atoms with E-state index in [9.17, 15) is 14.0 Å². The minimum atomic E-state index is -4.34. The van der Waals surface area contributed by atoms with E-state index in [1.54, 1.807) is 0 Å². The Bertz CT molecular complexity index is 125. The molecule has 6 nitrogen and oxygen atoms in total. The maximum absolute atomic E-state index is 10.0. The van der Waals surface area contributed by atoms with Crippen molar-refractivity contribution in [3.63, 3.8) is 0 Å². The van der Waals surface area contributed by atoms with Crippen molar-refractivity contribution in [2.24, 2.45) is 0 Å². The van der Waals surface area contributed by atoms with E-state index >= 15 is 0 Å². The van der Waals surface area contributed by atoms with Gasteiger partial charge in [-0.25, -0.2) is 0 Å². The standard InChI is InChI=1S/C3H8ClN2O4P/c7-4(8,9)10-3-5-1-11-2-6-3/h3,5-6,11H,1-2H2. The van der Waals surface area contributed by atoms with E-state index in [1.807, 2.05) is 0 Å². The SMILES string of the molecule is [O-][Cl+3]([O-])([O-])OC1NCPCN1. The van der Waals surface area contributed by atoms with Gasteiger partial charge in [0.1, 0.15) is 4.29 Å². The lowest BCUT2D eigenvalue weighted by Gasteiger charge is -2.22. The van der Waals surface area contributed by atoms with Crippen LogP contribution in [-0.2, 0) is 4.29 Å². The molecular weight excluding hydrogens is 194 g/mol. The first-order valence-electron chi connectivity index (χ1n) is 2.84. The number of rotatable bonds is 2. The molecule has 0 amide bonds. The van der Waals surface area contributed by atoms with Crippen LogP contribution in [0.4, 0.5) is 0 Å². The molecule has 1 saturated heterocycles. The second-order valence-corrected chi connectivity index (χ2v) is 4.00. The Hall–Kier alpha value is 0.480. The van der Waals surface area contributed by atoms with Gasteiger partial charge in [0.2, 0.25) is 0 Å². The van der Waals surface area contributed by atoms with Gasteiger partial charge in [-0.3, -0.25) is 10.6 Å². The summed E-state index contributed by atoms with van der Waals surface area (Å²) in [6.45, 7) is 0. The highest BCUT2D eigenvalue weighted by atomic mass is 35.7. The highest BCUT2D eigenvalue weighted by molar-refractivity contribution is 7.37. The van der Waals surface area contributed by atoms with E-state index in [0.29, 0.717) is 21.2 Å². The Morgan fingerprint density at radius 1 is 1.27 bits per heavy atom. The Kier molecular flexibility index (Phi) is 3.42. The van der Waals surface area contributed by atoms with Gasteiger partial charge in [0.15, 0.2) is 0 Å². The second-order valence-electron chi connectivity index (χ2n) is 1.86. The molecule has 0 radical (unpaired) electrons. The van der Waals surface area contributed by atoms with Gasteiger partial charge in [0, 0.05) is 12.6 Å². The smallest absolute Gasteiger partial charge is 0.262 e. The van der Waals surface area contributed by atoms with E-state index in [4.69, 9.17) is 0 Å². The zero-order valence-corrected chi connectivity index (χ0v) is 7.26. The molecule has 0 aromatic carbocycles. The molecule has 0 atom stereocenters. The van der Waals surface area contributed by atoms with Crippen molar-refractivity contribution < 1.29 is 28.5 Å². The molecule has 2 N–H and O–H groups in total. The molecule has 0 saturated carbocycles. The maximum Gasteiger partial charge on any atom is 0.321 e. The number of nitrogens with one attached hydrogen (secondary N) is 2. The lowest BCUT2D eigenvalue weighted by atomic mass is 10.9. The molecule has 0 unspecified atom stereocenters. The van der Waals surface area contributed by atoms with Crippen molar-refractivity contribution >= 4 is 8.58 Å². The molecule has 1 heterocycles. The lowest BCUT2D eigenvalue weighted by molar-refractivity contribution is -1.92. The molecular formula is C3H8ClN2O4P. The molecule has 66 valence electrons. The average Bonchev–Trinajstić information content (AvgIpc) is 1.85. The lowest BCUT2D eigenvalue weighted by Crippen LogP contribution is -2.66. The van der Waals surface area contributed by atoms with Crippen molar-refractivity contribution in [1.82, 2.24) is 10.6 Å². The van der Waals surface area contributed by atoms with Crippen molar-refractivity contribution in [2.45, 2.75) is 6.35 Å². The Morgan fingerprint density at radius 3 is 2.27 bits per heavy atom. The van der Waals surface area contributed by atoms with Gasteiger partial charge < -0.3 is 0 Å². The fraction of sp³-hybridized carbons (Fsp3) is 1.00. The van der Waals surface area contributed by atoms with Crippen LogP contribution >= 0.6 is 8.58 Å². The molecule has 0 spiro atoms. The Labute approximate surface area is 67.4 Å². The number of hydrogen-bond acceptors (Lipinski definition) is 6. The largest absolute Gasteiger partial charge is 0.321 e. The molecule has 0 aromatic rings. The minimum Gasteiger partial charge on any atom is -0.262 e. The summed E-state index contributed by atoms with van der Waals surface area (Å²) >= 11 is 0. The molecule has 0 bridgehead atoms. The van der Waals surface area contributed by atoms with Crippen LogP contribution in [0.25, 0.3) is 0 Å². The molecule has 1 aliphatic heterocycles. The van der Waals surface area contributed by atoms with E-state index in [0.717, 1.165) is 0 Å². The normalized spacial score (nSPS) is 29.2. The zero-order valence-electron chi connectivity index (χ0n) is 5.50. The summed E-state index contributed by atoms with van der Waals surface area (Å²) < 4.78 is 34.1. The van der Waals surface area contributed by atoms with Crippen molar-refractivity contribution in [1.29, 1.82) is 0 Å². The summed E-state index contributed by atoms with van der Waals surface area (Å²) in [6.07, 6.45) is 0.478. The van der Waals surface area contributed by atoms with Gasteiger partial charge in [-0.2, -0.15) is 14.0 Å². The Morgan fingerprint density at radius 2 is 1.82 bits per heavy atom. The van der Waals surface area contributed by atoms with Crippen LogP contribution in [0.15, 0.2) is 0 Å². The van der Waals surface area contributed by atoms with Gasteiger partial charge in [-0.1, -0.05) is 8.58 Å².